The Balaban J connectivity index is 1.22. The lowest BCUT2D eigenvalue weighted by Crippen LogP contribution is -2.52. The van der Waals surface area contributed by atoms with Gasteiger partial charge >= 0.3 is 0 Å². The van der Waals surface area contributed by atoms with Crippen molar-refractivity contribution in [2.24, 2.45) is 0 Å². The van der Waals surface area contributed by atoms with Crippen LogP contribution >= 0.6 is 15.9 Å². The van der Waals surface area contributed by atoms with Crippen LogP contribution in [-0.4, -0.2) is 73.5 Å². The number of fused-ring (bicyclic) bond motifs is 1. The molecule has 2 aromatic carbocycles. The number of rotatable bonds is 8. The first-order valence-corrected chi connectivity index (χ1v) is 12.4. The van der Waals surface area contributed by atoms with Gasteiger partial charge in [-0.2, -0.15) is 5.10 Å². The lowest BCUT2D eigenvalue weighted by Gasteiger charge is -2.39. The largest absolute Gasteiger partial charge is 0.382 e. The zero-order valence-corrected chi connectivity index (χ0v) is 20.8. The van der Waals surface area contributed by atoms with Crippen molar-refractivity contribution in [1.82, 2.24) is 29.1 Å². The summed E-state index contributed by atoms with van der Waals surface area (Å²) in [5.74, 6) is -1.44. The normalized spacial score (nSPS) is 17.1. The van der Waals surface area contributed by atoms with Crippen molar-refractivity contribution < 1.29 is 13.9 Å². The van der Waals surface area contributed by atoms with Gasteiger partial charge in [-0.25, -0.2) is 18.4 Å². The van der Waals surface area contributed by atoms with E-state index < -0.39 is 17.2 Å². The van der Waals surface area contributed by atoms with Gasteiger partial charge in [0.2, 0.25) is 0 Å². The van der Waals surface area contributed by atoms with Crippen molar-refractivity contribution in [2.75, 3.05) is 39.3 Å². The van der Waals surface area contributed by atoms with Gasteiger partial charge in [0.15, 0.2) is 0 Å². The first kappa shape index (κ1) is 24.1. The maximum Gasteiger partial charge on any atom is 0.137 e. The third-order valence-corrected chi connectivity index (χ3v) is 7.16. The fraction of sp³-hybridized carbons (Fsp3) is 0.360. The van der Waals surface area contributed by atoms with Crippen LogP contribution in [0.15, 0.2) is 65.8 Å². The number of halogens is 3. The van der Waals surface area contributed by atoms with Crippen LogP contribution in [0.1, 0.15) is 5.56 Å². The zero-order valence-electron chi connectivity index (χ0n) is 19.2. The molecular formula is C25H27BrF2N6O. The van der Waals surface area contributed by atoms with Gasteiger partial charge < -0.3 is 9.67 Å². The Morgan fingerprint density at radius 3 is 2.49 bits per heavy atom. The predicted molar refractivity (Wildman–Crippen MR) is 133 cm³/mol. The van der Waals surface area contributed by atoms with Crippen LogP contribution in [0.25, 0.3) is 10.9 Å². The molecule has 10 heteroatoms. The first-order valence-electron chi connectivity index (χ1n) is 11.6. The third-order valence-electron chi connectivity index (χ3n) is 6.66. The fourth-order valence-electron chi connectivity index (χ4n) is 4.83. The quantitative estimate of drug-likeness (QED) is 0.368. The molecule has 5 rings (SSSR count). The summed E-state index contributed by atoms with van der Waals surface area (Å²) >= 11 is 3.52. The molecule has 0 bridgehead atoms. The Morgan fingerprint density at radius 2 is 1.74 bits per heavy atom. The van der Waals surface area contributed by atoms with Gasteiger partial charge in [0.25, 0.3) is 0 Å². The number of aliphatic hydroxyl groups is 1. The molecule has 184 valence electrons. The van der Waals surface area contributed by atoms with E-state index in [-0.39, 0.29) is 18.7 Å². The van der Waals surface area contributed by atoms with E-state index in [2.05, 4.69) is 70.8 Å². The van der Waals surface area contributed by atoms with E-state index in [1.165, 1.54) is 40.4 Å². The van der Waals surface area contributed by atoms with Crippen LogP contribution in [0.4, 0.5) is 8.78 Å². The molecule has 1 unspecified atom stereocenters. The number of β-amino-alcohol motifs (C(OH)–C–C–N with tert-alkyl or cyclic N) is 1. The average Bonchev–Trinajstić information content (AvgIpc) is 3.47. The topological polar surface area (TPSA) is 62.4 Å². The molecule has 35 heavy (non-hydrogen) atoms. The highest BCUT2D eigenvalue weighted by atomic mass is 79.9. The molecule has 1 saturated heterocycles. The van der Waals surface area contributed by atoms with Crippen LogP contribution < -0.4 is 0 Å². The second-order valence-corrected chi connectivity index (χ2v) is 9.99. The summed E-state index contributed by atoms with van der Waals surface area (Å²) in [4.78, 5) is 8.44. The monoisotopic (exact) mass is 544 g/mol. The molecule has 0 aliphatic carbocycles. The van der Waals surface area contributed by atoms with E-state index >= 15 is 0 Å². The maximum absolute atomic E-state index is 14.7. The van der Waals surface area contributed by atoms with Crippen LogP contribution in [-0.2, 0) is 18.7 Å². The van der Waals surface area contributed by atoms with E-state index in [9.17, 15) is 13.9 Å². The second kappa shape index (κ2) is 10.1. The van der Waals surface area contributed by atoms with E-state index in [0.717, 1.165) is 49.8 Å². The van der Waals surface area contributed by atoms with Crippen LogP contribution in [0, 0.1) is 11.6 Å². The standard InChI is InChI=1S/C25H27BrF2N6O/c26-20-1-4-24-19(13-20)5-6-33(24)12-11-31-7-9-32(10-8-31)15-25(35,16-34-18-29-17-30-34)22-3-2-21(27)14-23(22)28/h1-6,13-14,17-18,35H,7-12,15-16H2. The Bertz CT molecular complexity index is 1290. The molecule has 7 nitrogen and oxygen atoms in total. The molecule has 0 saturated carbocycles. The van der Waals surface area contributed by atoms with Gasteiger partial charge in [-0.05, 0) is 30.3 Å². The summed E-state index contributed by atoms with van der Waals surface area (Å²) in [5.41, 5.74) is -0.305. The van der Waals surface area contributed by atoms with Crippen LogP contribution in [0.3, 0.4) is 0 Å². The lowest BCUT2D eigenvalue weighted by atomic mass is 9.92. The highest BCUT2D eigenvalue weighted by molar-refractivity contribution is 9.10. The zero-order chi connectivity index (χ0) is 24.4. The Labute approximate surface area is 210 Å². The second-order valence-electron chi connectivity index (χ2n) is 9.08. The van der Waals surface area contributed by atoms with Crippen molar-refractivity contribution in [3.8, 4) is 0 Å². The summed E-state index contributed by atoms with van der Waals surface area (Å²) in [6.45, 7) is 5.20. The molecular weight excluding hydrogens is 518 g/mol. The summed E-state index contributed by atoms with van der Waals surface area (Å²) in [7, 11) is 0. The van der Waals surface area contributed by atoms with Crippen LogP contribution in [0.2, 0.25) is 0 Å². The van der Waals surface area contributed by atoms with Crippen molar-refractivity contribution in [2.45, 2.75) is 18.7 Å². The summed E-state index contributed by atoms with van der Waals surface area (Å²) in [6, 6.07) is 11.7. The van der Waals surface area contributed by atoms with Gasteiger partial charge in [0.05, 0.1) is 6.54 Å². The molecule has 3 heterocycles. The molecule has 1 fully saturated rings. The number of nitrogens with zero attached hydrogens (tertiary/aromatic N) is 6. The smallest absolute Gasteiger partial charge is 0.137 e. The molecule has 4 aromatic rings. The summed E-state index contributed by atoms with van der Waals surface area (Å²) < 4.78 is 33.0. The number of aromatic nitrogens is 4. The first-order chi connectivity index (χ1) is 16.9. The maximum atomic E-state index is 14.7. The van der Waals surface area contributed by atoms with E-state index in [0.29, 0.717) is 0 Å². The predicted octanol–water partition coefficient (Wildman–Crippen LogP) is 3.48. The van der Waals surface area contributed by atoms with Crippen molar-refractivity contribution in [1.29, 1.82) is 0 Å². The minimum absolute atomic E-state index is 0.0204. The lowest BCUT2D eigenvalue weighted by molar-refractivity contribution is -0.0319. The molecule has 0 amide bonds. The molecule has 0 spiro atoms. The Morgan fingerprint density at radius 1 is 0.943 bits per heavy atom. The van der Waals surface area contributed by atoms with Gasteiger partial charge in [-0.1, -0.05) is 22.0 Å². The van der Waals surface area contributed by atoms with Crippen LogP contribution in [0.5, 0.6) is 0 Å². The molecule has 0 radical (unpaired) electrons. The Kier molecular flexibility index (Phi) is 6.97. The number of hydrogen-bond donors (Lipinski definition) is 1. The number of benzene rings is 2. The highest BCUT2D eigenvalue weighted by Gasteiger charge is 2.36. The molecule has 1 aliphatic heterocycles. The van der Waals surface area contributed by atoms with Crippen molar-refractivity contribution >= 4 is 26.8 Å². The van der Waals surface area contributed by atoms with Gasteiger partial charge in [0.1, 0.15) is 29.9 Å². The summed E-state index contributed by atoms with van der Waals surface area (Å²) in [6.07, 6.45) is 4.97. The fourth-order valence-corrected chi connectivity index (χ4v) is 5.20. The molecule has 2 aromatic heterocycles. The summed E-state index contributed by atoms with van der Waals surface area (Å²) in [5, 5.41) is 16.9. The van der Waals surface area contributed by atoms with Gasteiger partial charge in [0, 0.05) is 79.0 Å². The number of hydrogen-bond acceptors (Lipinski definition) is 5. The van der Waals surface area contributed by atoms with Crippen molar-refractivity contribution in [3.63, 3.8) is 0 Å². The average molecular weight is 545 g/mol. The van der Waals surface area contributed by atoms with E-state index in [1.807, 2.05) is 0 Å². The van der Waals surface area contributed by atoms with E-state index in [1.54, 1.807) is 0 Å². The van der Waals surface area contributed by atoms with Crippen molar-refractivity contribution in [3.05, 3.63) is 83.0 Å². The van der Waals surface area contributed by atoms with Gasteiger partial charge in [-0.15, -0.1) is 0 Å². The molecule has 1 aliphatic rings. The molecule has 1 atom stereocenters. The SMILES string of the molecule is OC(CN1CCN(CCn2ccc3cc(Br)ccc32)CC1)(Cn1cncn1)c1ccc(F)cc1F. The third kappa shape index (κ3) is 5.45. The highest BCUT2D eigenvalue weighted by Crippen LogP contribution is 2.28. The van der Waals surface area contributed by atoms with E-state index in [4.69, 9.17) is 0 Å². The molecule has 1 N–H and O–H groups in total. The number of piperazine rings is 1. The minimum Gasteiger partial charge on any atom is -0.382 e. The minimum atomic E-state index is -1.58. The Hall–Kier alpha value is -2.66. The van der Waals surface area contributed by atoms with Gasteiger partial charge in [-0.3, -0.25) is 9.80 Å².